The molecule has 0 spiro atoms. The molecule has 2 aliphatic rings. The molecule has 1 saturated carbocycles. The van der Waals surface area contributed by atoms with Gasteiger partial charge in [0.15, 0.2) is 0 Å². The van der Waals surface area contributed by atoms with Gasteiger partial charge in [-0.1, -0.05) is 30.9 Å². The minimum Gasteiger partial charge on any atom is -0.459 e. The van der Waals surface area contributed by atoms with Gasteiger partial charge in [-0.05, 0) is 58.2 Å². The number of aromatic nitrogens is 1. The fraction of sp³-hybridized carbons (Fsp3) is 0.600. The molecule has 1 aliphatic carbocycles. The van der Waals surface area contributed by atoms with Crippen molar-refractivity contribution in [3.63, 3.8) is 0 Å². The number of β-amino-alcohol motifs (C(OH)–C–C–N with tert-alkyl or cyclic N) is 1. The van der Waals surface area contributed by atoms with Crippen LogP contribution in [0, 0.1) is 6.92 Å². The number of hydrogen-bond acceptors (Lipinski definition) is 6. The Balaban J connectivity index is 1.57. The number of rotatable bonds is 5. The molecule has 6 nitrogen and oxygen atoms in total. The maximum atomic E-state index is 12.9. The quantitative estimate of drug-likeness (QED) is 0.706. The van der Waals surface area contributed by atoms with Gasteiger partial charge < -0.3 is 20.1 Å². The number of aliphatic hydroxyl groups is 1. The van der Waals surface area contributed by atoms with Gasteiger partial charge in [-0.3, -0.25) is 0 Å². The first-order valence-electron chi connectivity index (χ1n) is 11.7. The van der Waals surface area contributed by atoms with E-state index in [2.05, 4.69) is 5.32 Å². The van der Waals surface area contributed by atoms with E-state index in [1.807, 2.05) is 49.9 Å². The van der Waals surface area contributed by atoms with E-state index in [9.17, 15) is 9.90 Å². The van der Waals surface area contributed by atoms with Crippen molar-refractivity contribution >= 4 is 22.7 Å². The third kappa shape index (κ3) is 5.18. The van der Waals surface area contributed by atoms with Crippen molar-refractivity contribution in [2.45, 2.75) is 83.6 Å². The number of ether oxygens (including phenoxy) is 1. The molecular formula is C25H35N3O3. The van der Waals surface area contributed by atoms with E-state index in [0.29, 0.717) is 24.0 Å². The van der Waals surface area contributed by atoms with Crippen LogP contribution in [0.15, 0.2) is 24.3 Å². The summed E-state index contributed by atoms with van der Waals surface area (Å²) in [5.41, 5.74) is 2.44. The minimum absolute atomic E-state index is 0.0912. The van der Waals surface area contributed by atoms with Crippen molar-refractivity contribution < 1.29 is 14.6 Å². The average molecular weight is 426 g/mol. The van der Waals surface area contributed by atoms with Gasteiger partial charge in [0.2, 0.25) is 0 Å². The van der Waals surface area contributed by atoms with Crippen LogP contribution in [0.3, 0.4) is 0 Å². The molecule has 2 heterocycles. The summed E-state index contributed by atoms with van der Waals surface area (Å²) in [7, 11) is 0. The van der Waals surface area contributed by atoms with E-state index < -0.39 is 6.10 Å². The summed E-state index contributed by atoms with van der Waals surface area (Å²) in [5, 5.41) is 15.5. The minimum atomic E-state index is -0.500. The first-order valence-corrected chi connectivity index (χ1v) is 11.7. The molecule has 0 amide bonds. The highest BCUT2D eigenvalue weighted by atomic mass is 16.5. The second-order valence-corrected chi connectivity index (χ2v) is 9.42. The maximum absolute atomic E-state index is 12.9. The molecule has 2 aromatic rings. The van der Waals surface area contributed by atoms with Gasteiger partial charge in [0.1, 0.15) is 11.4 Å². The first kappa shape index (κ1) is 22.0. The highest BCUT2D eigenvalue weighted by Gasteiger charge is 2.32. The van der Waals surface area contributed by atoms with Crippen LogP contribution in [0.25, 0.3) is 10.9 Å². The number of hydrogen-bond donors (Lipinski definition) is 2. The predicted octanol–water partition coefficient (Wildman–Crippen LogP) is 3.97. The second kappa shape index (κ2) is 9.53. The van der Waals surface area contributed by atoms with Gasteiger partial charge in [-0.15, -0.1) is 0 Å². The molecule has 1 aliphatic heterocycles. The highest BCUT2D eigenvalue weighted by Crippen LogP contribution is 2.29. The number of piperidine rings is 1. The molecule has 2 N–H and O–H groups in total. The Morgan fingerprint density at radius 3 is 2.68 bits per heavy atom. The zero-order chi connectivity index (χ0) is 22.0. The van der Waals surface area contributed by atoms with E-state index >= 15 is 0 Å². The summed E-state index contributed by atoms with van der Waals surface area (Å²) in [5.74, 6) is 0.245. The van der Waals surface area contributed by atoms with Gasteiger partial charge in [0.25, 0.3) is 0 Å². The van der Waals surface area contributed by atoms with Crippen LogP contribution < -0.4 is 10.2 Å². The van der Waals surface area contributed by atoms with E-state index in [1.165, 1.54) is 32.1 Å². The highest BCUT2D eigenvalue weighted by molar-refractivity contribution is 5.99. The zero-order valence-electron chi connectivity index (χ0n) is 18.9. The van der Waals surface area contributed by atoms with Gasteiger partial charge >= 0.3 is 5.97 Å². The van der Waals surface area contributed by atoms with Crippen molar-refractivity contribution in [1.29, 1.82) is 0 Å². The van der Waals surface area contributed by atoms with Gasteiger partial charge in [-0.2, -0.15) is 0 Å². The van der Waals surface area contributed by atoms with Crippen molar-refractivity contribution in [2.24, 2.45) is 0 Å². The smallest absolute Gasteiger partial charge is 0.342 e. The second-order valence-electron chi connectivity index (χ2n) is 9.42. The van der Waals surface area contributed by atoms with E-state index in [0.717, 1.165) is 29.4 Å². The molecule has 1 aromatic heterocycles. The number of benzene rings is 1. The third-order valence-electron chi connectivity index (χ3n) is 6.45. The summed E-state index contributed by atoms with van der Waals surface area (Å²) >= 11 is 0. The Labute approximate surface area is 185 Å². The molecule has 31 heavy (non-hydrogen) atoms. The molecule has 168 valence electrons. The Kier molecular flexibility index (Phi) is 6.77. The molecular weight excluding hydrogens is 390 g/mol. The number of carbonyl (C=O) groups is 1. The lowest BCUT2D eigenvalue weighted by molar-refractivity contribution is 0.0377. The Hall–Kier alpha value is -2.18. The summed E-state index contributed by atoms with van der Waals surface area (Å²) in [6.07, 6.45) is 6.38. The molecule has 0 radical (unpaired) electrons. The van der Waals surface area contributed by atoms with Crippen LogP contribution in [-0.4, -0.2) is 53.4 Å². The summed E-state index contributed by atoms with van der Waals surface area (Å²) < 4.78 is 5.51. The topological polar surface area (TPSA) is 74.7 Å². The third-order valence-corrected chi connectivity index (χ3v) is 6.45. The van der Waals surface area contributed by atoms with E-state index in [4.69, 9.17) is 9.72 Å². The van der Waals surface area contributed by atoms with Gasteiger partial charge in [0.05, 0.1) is 17.7 Å². The molecule has 2 unspecified atom stereocenters. The summed E-state index contributed by atoms with van der Waals surface area (Å²) in [6.45, 7) is 6.93. The zero-order valence-corrected chi connectivity index (χ0v) is 18.9. The monoisotopic (exact) mass is 425 g/mol. The molecule has 1 saturated heterocycles. The number of aryl methyl sites for hydroxylation is 1. The van der Waals surface area contributed by atoms with Crippen LogP contribution in [0.1, 0.15) is 68.3 Å². The number of fused-ring (bicyclic) bond motifs is 1. The average Bonchev–Trinajstić information content (AvgIpc) is 2.74. The lowest BCUT2D eigenvalue weighted by atomic mass is 9.92. The van der Waals surface area contributed by atoms with Crippen molar-refractivity contribution in [1.82, 2.24) is 10.3 Å². The number of pyridine rings is 1. The van der Waals surface area contributed by atoms with Crippen LogP contribution >= 0.6 is 0 Å². The fourth-order valence-electron chi connectivity index (χ4n) is 4.84. The number of carbonyl (C=O) groups excluding carboxylic acids is 1. The SMILES string of the molecule is Cc1ccc2nc(N3CCC(NC4CCCCC4)C(O)C3)c(C(=O)OC(C)C)cc2c1. The molecule has 6 heteroatoms. The summed E-state index contributed by atoms with van der Waals surface area (Å²) in [4.78, 5) is 19.8. The van der Waals surface area contributed by atoms with E-state index in [-0.39, 0.29) is 18.1 Å². The number of esters is 1. The van der Waals surface area contributed by atoms with Crippen molar-refractivity contribution in [3.8, 4) is 0 Å². The number of aliphatic hydroxyl groups excluding tert-OH is 1. The van der Waals surface area contributed by atoms with Crippen LogP contribution in [0.5, 0.6) is 0 Å². The Morgan fingerprint density at radius 1 is 1.19 bits per heavy atom. The molecule has 1 aromatic carbocycles. The maximum Gasteiger partial charge on any atom is 0.342 e. The fourth-order valence-corrected chi connectivity index (χ4v) is 4.84. The standard InChI is InChI=1S/C25H35N3O3/c1-16(2)31-25(30)20-14-18-13-17(3)9-10-21(18)27-24(20)28-12-11-22(23(29)15-28)26-19-7-5-4-6-8-19/h9-10,13-14,16,19,22-23,26,29H,4-8,11-12,15H2,1-3H3. The molecule has 0 bridgehead atoms. The lowest BCUT2D eigenvalue weighted by Gasteiger charge is -2.39. The van der Waals surface area contributed by atoms with Crippen LogP contribution in [0.2, 0.25) is 0 Å². The molecule has 4 rings (SSSR count). The van der Waals surface area contributed by atoms with Gasteiger partial charge in [0, 0.05) is 30.6 Å². The molecule has 2 atom stereocenters. The Morgan fingerprint density at radius 2 is 1.97 bits per heavy atom. The van der Waals surface area contributed by atoms with E-state index in [1.54, 1.807) is 0 Å². The number of nitrogens with zero attached hydrogens (tertiary/aromatic N) is 2. The normalized spacial score (nSPS) is 22.8. The first-order chi connectivity index (χ1) is 14.9. The van der Waals surface area contributed by atoms with Crippen molar-refractivity contribution in [3.05, 3.63) is 35.4 Å². The largest absolute Gasteiger partial charge is 0.459 e. The lowest BCUT2D eigenvalue weighted by Crippen LogP contribution is -2.55. The van der Waals surface area contributed by atoms with Gasteiger partial charge in [-0.25, -0.2) is 9.78 Å². The van der Waals surface area contributed by atoms with Crippen molar-refractivity contribution in [2.75, 3.05) is 18.0 Å². The summed E-state index contributed by atoms with van der Waals surface area (Å²) in [6, 6.07) is 8.54. The number of anilines is 1. The number of nitrogens with one attached hydrogen (secondary N) is 1. The van der Waals surface area contributed by atoms with Crippen LogP contribution in [-0.2, 0) is 4.74 Å². The Bertz CT molecular complexity index is 924. The molecule has 2 fully saturated rings. The predicted molar refractivity (Wildman–Crippen MR) is 124 cm³/mol. The van der Waals surface area contributed by atoms with Crippen LogP contribution in [0.4, 0.5) is 5.82 Å².